The topological polar surface area (TPSA) is 112 Å². The maximum atomic E-state index is 11.6. The number of urea groups is 1. The van der Waals surface area contributed by atoms with Gasteiger partial charge in [-0.25, -0.2) is 4.79 Å². The van der Waals surface area contributed by atoms with Crippen molar-refractivity contribution < 1.29 is 19.8 Å². The third-order valence-corrected chi connectivity index (χ3v) is 2.74. The maximum absolute atomic E-state index is 11.6. The number of carbonyl (C=O) groups excluding carboxylic acids is 1. The zero-order valence-corrected chi connectivity index (χ0v) is 11.5. The first kappa shape index (κ1) is 15.9. The Bertz CT molecular complexity index is 488. The van der Waals surface area contributed by atoms with Crippen molar-refractivity contribution in [3.63, 3.8) is 0 Å². The Labute approximate surface area is 117 Å². The molecule has 7 heteroatoms. The van der Waals surface area contributed by atoms with Crippen molar-refractivity contribution >= 4 is 12.0 Å². The highest BCUT2D eigenvalue weighted by atomic mass is 16.4. The van der Waals surface area contributed by atoms with Gasteiger partial charge in [-0.3, -0.25) is 9.78 Å². The summed E-state index contributed by atoms with van der Waals surface area (Å²) in [5.74, 6) is -1.12. The SMILES string of the molecule is Cc1cnccc1CNC(=O)NCC(C)(O)CC(=O)O. The molecule has 1 aromatic heterocycles. The Morgan fingerprint density at radius 2 is 2.10 bits per heavy atom. The average molecular weight is 281 g/mol. The molecule has 1 heterocycles. The van der Waals surface area contributed by atoms with Crippen molar-refractivity contribution in [2.75, 3.05) is 6.54 Å². The molecule has 0 aromatic carbocycles. The van der Waals surface area contributed by atoms with Crippen LogP contribution < -0.4 is 10.6 Å². The van der Waals surface area contributed by atoms with Crippen LogP contribution in [0.1, 0.15) is 24.5 Å². The predicted octanol–water partition coefficient (Wildman–Crippen LogP) is 0.415. The molecule has 4 N–H and O–H groups in total. The number of carboxylic acids is 1. The molecule has 0 spiro atoms. The lowest BCUT2D eigenvalue weighted by Crippen LogP contribution is -2.45. The van der Waals surface area contributed by atoms with E-state index < -0.39 is 24.0 Å². The normalized spacial score (nSPS) is 13.3. The molecule has 1 unspecified atom stereocenters. The number of carbonyl (C=O) groups is 2. The summed E-state index contributed by atoms with van der Waals surface area (Å²) >= 11 is 0. The van der Waals surface area contributed by atoms with Gasteiger partial charge in [-0.1, -0.05) is 0 Å². The molecule has 110 valence electrons. The van der Waals surface area contributed by atoms with Crippen LogP contribution >= 0.6 is 0 Å². The van der Waals surface area contributed by atoms with E-state index in [2.05, 4.69) is 15.6 Å². The standard InChI is InChI=1S/C13H19N3O4/c1-9-6-14-4-3-10(9)7-15-12(19)16-8-13(2,20)5-11(17)18/h3-4,6,20H,5,7-8H2,1-2H3,(H,17,18)(H2,15,16,19). The molecule has 2 amide bonds. The third kappa shape index (κ3) is 5.66. The van der Waals surface area contributed by atoms with Crippen LogP contribution in [0.5, 0.6) is 0 Å². The molecule has 0 aliphatic heterocycles. The highest BCUT2D eigenvalue weighted by Gasteiger charge is 2.24. The number of aliphatic carboxylic acids is 1. The van der Waals surface area contributed by atoms with Gasteiger partial charge in [0.15, 0.2) is 0 Å². The van der Waals surface area contributed by atoms with Crippen LogP contribution in [0, 0.1) is 6.92 Å². The number of rotatable bonds is 6. The zero-order chi connectivity index (χ0) is 15.2. The minimum Gasteiger partial charge on any atom is -0.481 e. The van der Waals surface area contributed by atoms with Gasteiger partial charge >= 0.3 is 12.0 Å². The number of hydrogen-bond donors (Lipinski definition) is 4. The molecule has 1 aromatic rings. The lowest BCUT2D eigenvalue weighted by Gasteiger charge is -2.21. The monoisotopic (exact) mass is 281 g/mol. The fourth-order valence-electron chi connectivity index (χ4n) is 1.60. The van der Waals surface area contributed by atoms with Crippen LogP contribution in [0.2, 0.25) is 0 Å². The van der Waals surface area contributed by atoms with E-state index in [1.54, 1.807) is 18.5 Å². The number of nitrogens with zero attached hydrogens (tertiary/aromatic N) is 1. The number of pyridine rings is 1. The Morgan fingerprint density at radius 3 is 2.70 bits per heavy atom. The predicted molar refractivity (Wildman–Crippen MR) is 72.1 cm³/mol. The van der Waals surface area contributed by atoms with E-state index in [1.165, 1.54) is 6.92 Å². The van der Waals surface area contributed by atoms with Crippen molar-refractivity contribution in [1.29, 1.82) is 0 Å². The first-order valence-electron chi connectivity index (χ1n) is 6.15. The molecule has 0 aliphatic carbocycles. The van der Waals surface area contributed by atoms with Gasteiger partial charge in [0.1, 0.15) is 0 Å². The van der Waals surface area contributed by atoms with E-state index in [4.69, 9.17) is 5.11 Å². The molecule has 20 heavy (non-hydrogen) atoms. The maximum Gasteiger partial charge on any atom is 0.315 e. The first-order valence-corrected chi connectivity index (χ1v) is 6.15. The van der Waals surface area contributed by atoms with E-state index in [0.29, 0.717) is 6.54 Å². The van der Waals surface area contributed by atoms with Crippen molar-refractivity contribution in [2.24, 2.45) is 0 Å². The molecule has 0 saturated heterocycles. The Balaban J connectivity index is 2.38. The first-order chi connectivity index (χ1) is 9.30. The second-order valence-corrected chi connectivity index (χ2v) is 4.91. The summed E-state index contributed by atoms with van der Waals surface area (Å²) in [5, 5.41) is 23.4. The van der Waals surface area contributed by atoms with E-state index >= 15 is 0 Å². The Hall–Kier alpha value is -2.15. The third-order valence-electron chi connectivity index (χ3n) is 2.74. The highest BCUT2D eigenvalue weighted by molar-refractivity contribution is 5.74. The quantitative estimate of drug-likeness (QED) is 0.603. The molecular weight excluding hydrogens is 262 g/mol. The van der Waals surface area contributed by atoms with Crippen molar-refractivity contribution in [3.8, 4) is 0 Å². The van der Waals surface area contributed by atoms with E-state index in [0.717, 1.165) is 11.1 Å². The van der Waals surface area contributed by atoms with Crippen molar-refractivity contribution in [3.05, 3.63) is 29.6 Å². The summed E-state index contributed by atoms with van der Waals surface area (Å²) in [6.45, 7) is 3.44. The number of hydrogen-bond acceptors (Lipinski definition) is 4. The lowest BCUT2D eigenvalue weighted by molar-refractivity contribution is -0.141. The van der Waals surface area contributed by atoms with Gasteiger partial charge in [-0.15, -0.1) is 0 Å². The smallest absolute Gasteiger partial charge is 0.315 e. The van der Waals surface area contributed by atoms with Gasteiger partial charge in [0.25, 0.3) is 0 Å². The van der Waals surface area contributed by atoms with E-state index in [-0.39, 0.29) is 6.54 Å². The number of nitrogens with one attached hydrogen (secondary N) is 2. The molecule has 0 bridgehead atoms. The van der Waals surface area contributed by atoms with Gasteiger partial charge in [-0.05, 0) is 31.0 Å². The number of amides is 2. The minimum atomic E-state index is -1.48. The number of aromatic nitrogens is 1. The summed E-state index contributed by atoms with van der Waals surface area (Å²) in [5.41, 5.74) is 0.425. The number of aliphatic hydroxyl groups is 1. The summed E-state index contributed by atoms with van der Waals surface area (Å²) in [4.78, 5) is 26.0. The molecule has 0 radical (unpaired) electrons. The van der Waals surface area contributed by atoms with Gasteiger partial charge in [0, 0.05) is 25.5 Å². The van der Waals surface area contributed by atoms with Crippen LogP contribution in [0.4, 0.5) is 4.79 Å². The molecule has 0 fully saturated rings. The van der Waals surface area contributed by atoms with Gasteiger partial charge in [0.2, 0.25) is 0 Å². The zero-order valence-electron chi connectivity index (χ0n) is 11.5. The minimum absolute atomic E-state index is 0.138. The van der Waals surface area contributed by atoms with Crippen LogP contribution in [0.25, 0.3) is 0 Å². The molecule has 0 saturated carbocycles. The van der Waals surface area contributed by atoms with Crippen LogP contribution in [-0.2, 0) is 11.3 Å². The molecule has 7 nitrogen and oxygen atoms in total. The largest absolute Gasteiger partial charge is 0.481 e. The average Bonchev–Trinajstić information content (AvgIpc) is 2.34. The molecule has 1 rings (SSSR count). The molecule has 1 atom stereocenters. The van der Waals surface area contributed by atoms with Crippen LogP contribution in [0.3, 0.4) is 0 Å². The van der Waals surface area contributed by atoms with Gasteiger partial charge < -0.3 is 20.8 Å². The van der Waals surface area contributed by atoms with Gasteiger partial charge in [0.05, 0.1) is 12.0 Å². The van der Waals surface area contributed by atoms with Crippen LogP contribution in [-0.4, -0.2) is 39.3 Å². The Morgan fingerprint density at radius 1 is 1.40 bits per heavy atom. The van der Waals surface area contributed by atoms with E-state index in [1.807, 2.05) is 6.92 Å². The number of aryl methyl sites for hydroxylation is 1. The summed E-state index contributed by atoms with van der Waals surface area (Å²) in [6, 6.07) is 1.34. The Kier molecular flexibility index (Phi) is 5.45. The fraction of sp³-hybridized carbons (Fsp3) is 0.462. The molecule has 0 aliphatic rings. The van der Waals surface area contributed by atoms with Crippen molar-refractivity contribution in [2.45, 2.75) is 32.4 Å². The highest BCUT2D eigenvalue weighted by Crippen LogP contribution is 2.07. The van der Waals surface area contributed by atoms with Crippen molar-refractivity contribution in [1.82, 2.24) is 15.6 Å². The van der Waals surface area contributed by atoms with E-state index in [9.17, 15) is 14.7 Å². The number of carboxylic acid groups (broad SMARTS) is 1. The summed E-state index contributed by atoms with van der Waals surface area (Å²) < 4.78 is 0. The summed E-state index contributed by atoms with van der Waals surface area (Å²) in [7, 11) is 0. The lowest BCUT2D eigenvalue weighted by atomic mass is 10.0. The fourth-order valence-corrected chi connectivity index (χ4v) is 1.60. The second kappa shape index (κ2) is 6.85. The molecular formula is C13H19N3O4. The van der Waals surface area contributed by atoms with Gasteiger partial charge in [-0.2, -0.15) is 0 Å². The summed E-state index contributed by atoms with van der Waals surface area (Å²) in [6.07, 6.45) is 2.91. The second-order valence-electron chi connectivity index (χ2n) is 4.91. The van der Waals surface area contributed by atoms with Crippen LogP contribution in [0.15, 0.2) is 18.5 Å².